The highest BCUT2D eigenvalue weighted by Crippen LogP contribution is 2.22. The summed E-state index contributed by atoms with van der Waals surface area (Å²) in [6.07, 6.45) is 2.73. The van der Waals surface area contributed by atoms with Crippen LogP contribution in [0.3, 0.4) is 0 Å². The standard InChI is InChI=1S/C5H10O2P/c1-3-5-8(6)7-4-2/h4H,2-3,5H2,1H3/q+1. The van der Waals surface area contributed by atoms with E-state index in [1.54, 1.807) is 0 Å². The lowest BCUT2D eigenvalue weighted by atomic mass is 10.6. The molecule has 0 aromatic carbocycles. The summed E-state index contributed by atoms with van der Waals surface area (Å²) in [7, 11) is -1.45. The average Bonchev–Trinajstić information content (AvgIpc) is 1.68. The van der Waals surface area contributed by atoms with Gasteiger partial charge in [0.05, 0.1) is 0 Å². The minimum atomic E-state index is -1.45. The molecule has 1 unspecified atom stereocenters. The molecule has 0 aromatic heterocycles. The van der Waals surface area contributed by atoms with Gasteiger partial charge in [-0.2, -0.15) is 0 Å². The summed E-state index contributed by atoms with van der Waals surface area (Å²) in [5.74, 6) is 0. The smallest absolute Gasteiger partial charge is 0.263 e. The third kappa shape index (κ3) is 3.82. The van der Waals surface area contributed by atoms with Gasteiger partial charge in [-0.1, -0.05) is 13.5 Å². The van der Waals surface area contributed by atoms with Crippen molar-refractivity contribution in [2.75, 3.05) is 6.16 Å². The molecular weight excluding hydrogens is 123 g/mol. The van der Waals surface area contributed by atoms with Gasteiger partial charge in [-0.3, -0.25) is 4.52 Å². The van der Waals surface area contributed by atoms with Crippen molar-refractivity contribution in [2.24, 2.45) is 0 Å². The van der Waals surface area contributed by atoms with E-state index in [0.29, 0.717) is 6.16 Å². The highest BCUT2D eigenvalue weighted by molar-refractivity contribution is 7.39. The second kappa shape index (κ2) is 4.79. The highest BCUT2D eigenvalue weighted by atomic mass is 31.1. The van der Waals surface area contributed by atoms with E-state index in [2.05, 4.69) is 11.1 Å². The number of rotatable bonds is 4. The molecule has 0 N–H and O–H groups in total. The van der Waals surface area contributed by atoms with Crippen LogP contribution in [-0.2, 0) is 9.09 Å². The largest absolute Gasteiger partial charge is 0.555 e. The Morgan fingerprint density at radius 3 is 2.88 bits per heavy atom. The molecular formula is C5H10O2P+. The summed E-state index contributed by atoms with van der Waals surface area (Å²) in [5.41, 5.74) is 0. The Bertz CT molecular complexity index is 90.4. The van der Waals surface area contributed by atoms with Crippen LogP contribution in [0.2, 0.25) is 0 Å². The van der Waals surface area contributed by atoms with Crippen LogP contribution in [0, 0.1) is 0 Å². The third-order valence-corrected chi connectivity index (χ3v) is 1.79. The predicted octanol–water partition coefficient (Wildman–Crippen LogP) is 2.30. The van der Waals surface area contributed by atoms with Crippen LogP contribution >= 0.6 is 8.03 Å². The Morgan fingerprint density at radius 2 is 2.50 bits per heavy atom. The van der Waals surface area contributed by atoms with E-state index in [9.17, 15) is 4.57 Å². The van der Waals surface area contributed by atoms with Crippen LogP contribution in [-0.4, -0.2) is 6.16 Å². The van der Waals surface area contributed by atoms with Crippen molar-refractivity contribution >= 4 is 8.03 Å². The second-order valence-corrected chi connectivity index (χ2v) is 2.65. The monoisotopic (exact) mass is 133 g/mol. The second-order valence-electron chi connectivity index (χ2n) is 1.33. The van der Waals surface area contributed by atoms with Crippen LogP contribution in [0.15, 0.2) is 12.8 Å². The Kier molecular flexibility index (Phi) is 4.58. The van der Waals surface area contributed by atoms with E-state index in [1.807, 2.05) is 6.92 Å². The summed E-state index contributed by atoms with van der Waals surface area (Å²) >= 11 is 0. The maximum absolute atomic E-state index is 10.5. The van der Waals surface area contributed by atoms with E-state index < -0.39 is 8.03 Å². The van der Waals surface area contributed by atoms with Crippen LogP contribution in [0.4, 0.5) is 0 Å². The van der Waals surface area contributed by atoms with Crippen LogP contribution in [0.25, 0.3) is 0 Å². The first-order valence-electron chi connectivity index (χ1n) is 2.53. The molecule has 0 amide bonds. The van der Waals surface area contributed by atoms with E-state index in [-0.39, 0.29) is 0 Å². The zero-order chi connectivity index (χ0) is 6.41. The van der Waals surface area contributed by atoms with Crippen molar-refractivity contribution in [3.05, 3.63) is 12.8 Å². The van der Waals surface area contributed by atoms with Crippen molar-refractivity contribution in [3.8, 4) is 0 Å². The fourth-order valence-corrected chi connectivity index (χ4v) is 0.955. The maximum atomic E-state index is 10.5. The maximum Gasteiger partial charge on any atom is 0.555 e. The summed E-state index contributed by atoms with van der Waals surface area (Å²) in [6.45, 7) is 5.23. The minimum absolute atomic E-state index is 0.626. The molecule has 1 atom stereocenters. The summed E-state index contributed by atoms with van der Waals surface area (Å²) < 4.78 is 15.1. The van der Waals surface area contributed by atoms with E-state index in [1.165, 1.54) is 6.26 Å². The van der Waals surface area contributed by atoms with E-state index in [4.69, 9.17) is 0 Å². The van der Waals surface area contributed by atoms with E-state index in [0.717, 1.165) is 6.42 Å². The Morgan fingerprint density at radius 1 is 1.88 bits per heavy atom. The topological polar surface area (TPSA) is 26.3 Å². The average molecular weight is 133 g/mol. The van der Waals surface area contributed by atoms with Gasteiger partial charge in [-0.05, 0) is 11.0 Å². The molecule has 0 aliphatic rings. The summed E-state index contributed by atoms with van der Waals surface area (Å²) in [6, 6.07) is 0. The number of hydrogen-bond donors (Lipinski definition) is 0. The normalized spacial score (nSPS) is 10.4. The molecule has 0 rings (SSSR count). The fourth-order valence-electron chi connectivity index (χ4n) is 0.318. The molecule has 8 heavy (non-hydrogen) atoms. The Hall–Kier alpha value is -0.360. The van der Waals surface area contributed by atoms with Gasteiger partial charge in [0.2, 0.25) is 0 Å². The van der Waals surface area contributed by atoms with E-state index >= 15 is 0 Å². The molecule has 0 radical (unpaired) electrons. The van der Waals surface area contributed by atoms with Crippen LogP contribution in [0.1, 0.15) is 13.3 Å². The molecule has 0 heterocycles. The van der Waals surface area contributed by atoms with Gasteiger partial charge >= 0.3 is 8.03 Å². The van der Waals surface area contributed by atoms with Gasteiger partial charge in [0.25, 0.3) is 0 Å². The van der Waals surface area contributed by atoms with Gasteiger partial charge in [-0.25, -0.2) is 0 Å². The van der Waals surface area contributed by atoms with Crippen molar-refractivity contribution in [2.45, 2.75) is 13.3 Å². The fraction of sp³-hybridized carbons (Fsp3) is 0.600. The first-order valence-corrected chi connectivity index (χ1v) is 3.90. The molecule has 2 nitrogen and oxygen atoms in total. The van der Waals surface area contributed by atoms with Gasteiger partial charge in [-0.15, -0.1) is 0 Å². The molecule has 0 saturated heterocycles. The highest BCUT2D eigenvalue weighted by Gasteiger charge is 2.11. The van der Waals surface area contributed by atoms with Gasteiger partial charge in [0, 0.05) is 0 Å². The lowest BCUT2D eigenvalue weighted by Crippen LogP contribution is -1.72. The third-order valence-electron chi connectivity index (χ3n) is 0.598. The zero-order valence-corrected chi connectivity index (χ0v) is 5.86. The SMILES string of the molecule is C=CO[P+](=O)CCC. The van der Waals surface area contributed by atoms with Crippen LogP contribution < -0.4 is 0 Å². The molecule has 0 spiro atoms. The van der Waals surface area contributed by atoms with Crippen molar-refractivity contribution in [1.29, 1.82) is 0 Å². The Labute approximate surface area is 50.4 Å². The molecule has 0 aromatic rings. The molecule has 0 saturated carbocycles. The minimum Gasteiger partial charge on any atom is -0.263 e. The van der Waals surface area contributed by atoms with Gasteiger partial charge in [0.15, 0.2) is 6.16 Å². The predicted molar refractivity (Wildman–Crippen MR) is 34.0 cm³/mol. The van der Waals surface area contributed by atoms with Crippen LogP contribution in [0.5, 0.6) is 0 Å². The zero-order valence-electron chi connectivity index (χ0n) is 4.96. The van der Waals surface area contributed by atoms with Gasteiger partial charge in [0.1, 0.15) is 6.26 Å². The van der Waals surface area contributed by atoms with Gasteiger partial charge < -0.3 is 0 Å². The molecule has 0 aliphatic carbocycles. The molecule has 0 bridgehead atoms. The van der Waals surface area contributed by atoms with Crippen molar-refractivity contribution in [3.63, 3.8) is 0 Å². The molecule has 0 fully saturated rings. The lowest BCUT2D eigenvalue weighted by molar-refractivity contribution is 0.463. The first-order chi connectivity index (χ1) is 3.81. The quantitative estimate of drug-likeness (QED) is 0.434. The summed E-state index contributed by atoms with van der Waals surface area (Å²) in [5, 5.41) is 0. The molecule has 0 aliphatic heterocycles. The molecule has 3 heteroatoms. The first kappa shape index (κ1) is 7.64. The van der Waals surface area contributed by atoms with Crippen molar-refractivity contribution in [1.82, 2.24) is 0 Å². The number of hydrogen-bond acceptors (Lipinski definition) is 2. The molecule has 46 valence electrons. The Balaban J connectivity index is 3.18. The lowest BCUT2D eigenvalue weighted by Gasteiger charge is -1.77. The summed E-state index contributed by atoms with van der Waals surface area (Å²) in [4.78, 5) is 0. The van der Waals surface area contributed by atoms with Crippen molar-refractivity contribution < 1.29 is 9.09 Å².